The summed E-state index contributed by atoms with van der Waals surface area (Å²) in [6.45, 7) is 4.39. The quantitative estimate of drug-likeness (QED) is 0.153. The number of hydrogen-bond donors (Lipinski definition) is 0. The first-order valence-electron chi connectivity index (χ1n) is 15.8. The van der Waals surface area contributed by atoms with Gasteiger partial charge in [-0.3, -0.25) is 9.78 Å². The van der Waals surface area contributed by atoms with Crippen LogP contribution < -0.4 is 14.4 Å². The summed E-state index contributed by atoms with van der Waals surface area (Å²) < 4.78 is 40.3. The van der Waals surface area contributed by atoms with Gasteiger partial charge in [-0.15, -0.1) is 0 Å². The molecule has 0 unspecified atom stereocenters. The Morgan fingerprint density at radius 3 is 1.98 bits per heavy atom. The van der Waals surface area contributed by atoms with E-state index in [1.54, 1.807) is 12.4 Å². The summed E-state index contributed by atoms with van der Waals surface area (Å²) in [5.74, 6) is -1.91. The second-order valence-electron chi connectivity index (χ2n) is 12.0. The fourth-order valence-electron chi connectivity index (χ4n) is 6.01. The molecule has 0 N–H and O–H groups in total. The third-order valence-corrected chi connectivity index (χ3v) is 8.58. The van der Waals surface area contributed by atoms with Crippen LogP contribution in [0.2, 0.25) is 0 Å². The Bertz CT molecular complexity index is 1030. The molecule has 2 aliphatic carbocycles. The Labute approximate surface area is 246 Å². The first kappa shape index (κ1) is 32.8. The molecule has 0 saturated heterocycles. The lowest BCUT2D eigenvalue weighted by atomic mass is 9.80. The van der Waals surface area contributed by atoms with Gasteiger partial charge in [0.2, 0.25) is 11.6 Å². The van der Waals surface area contributed by atoms with Gasteiger partial charge in [-0.1, -0.05) is 52.4 Å². The molecule has 0 bridgehead atoms. The van der Waals surface area contributed by atoms with E-state index in [0.717, 1.165) is 57.3 Å². The molecule has 1 heterocycles. The number of esters is 1. The predicted molar refractivity (Wildman–Crippen MR) is 161 cm³/mol. The average Bonchev–Trinajstić information content (AvgIpc) is 2.99. The topological polar surface area (TPSA) is 51.7 Å². The van der Waals surface area contributed by atoms with Crippen LogP contribution in [0.1, 0.15) is 104 Å². The number of halogens is 2. The molecule has 5 nitrogen and oxygen atoms in total. The molecule has 0 amide bonds. The van der Waals surface area contributed by atoms with Gasteiger partial charge in [0.15, 0.2) is 11.5 Å². The van der Waals surface area contributed by atoms with E-state index < -0.39 is 17.6 Å². The van der Waals surface area contributed by atoms with Gasteiger partial charge in [0, 0.05) is 32.2 Å². The van der Waals surface area contributed by atoms with Crippen LogP contribution in [0.3, 0.4) is 0 Å². The van der Waals surface area contributed by atoms with Crippen molar-refractivity contribution in [2.24, 2.45) is 17.8 Å². The van der Waals surface area contributed by atoms with Crippen molar-refractivity contribution in [1.82, 2.24) is 4.98 Å². The van der Waals surface area contributed by atoms with Crippen molar-refractivity contribution in [3.05, 3.63) is 48.3 Å². The summed E-state index contributed by atoms with van der Waals surface area (Å²) in [6, 6.07) is 6.66. The Balaban J connectivity index is 0.000000436. The molecule has 2 aliphatic rings. The van der Waals surface area contributed by atoms with Crippen molar-refractivity contribution in [3.63, 3.8) is 0 Å². The van der Waals surface area contributed by atoms with Crippen LogP contribution in [0.5, 0.6) is 11.5 Å². The van der Waals surface area contributed by atoms with Gasteiger partial charge in [-0.2, -0.15) is 8.78 Å². The lowest BCUT2D eigenvalue weighted by Crippen LogP contribution is -2.26. The van der Waals surface area contributed by atoms with Crippen LogP contribution in [0.15, 0.2) is 36.7 Å². The maximum absolute atomic E-state index is 14.6. The molecule has 1 aromatic heterocycles. The Kier molecular flexibility index (Phi) is 13.8. The number of rotatable bonds is 11. The van der Waals surface area contributed by atoms with Crippen LogP contribution in [0, 0.1) is 29.4 Å². The lowest BCUT2D eigenvalue weighted by molar-refractivity contribution is -0.140. The van der Waals surface area contributed by atoms with Gasteiger partial charge in [0.1, 0.15) is 0 Å². The lowest BCUT2D eigenvalue weighted by Gasteiger charge is -2.29. The molecule has 0 radical (unpaired) electrons. The van der Waals surface area contributed by atoms with Gasteiger partial charge < -0.3 is 14.4 Å². The van der Waals surface area contributed by atoms with Crippen molar-refractivity contribution in [2.75, 3.05) is 19.0 Å². The highest BCUT2D eigenvalue weighted by Crippen LogP contribution is 2.36. The maximum Gasteiger partial charge on any atom is 0.314 e. The van der Waals surface area contributed by atoms with Crippen molar-refractivity contribution in [1.29, 1.82) is 0 Å². The van der Waals surface area contributed by atoms with Gasteiger partial charge in [0.25, 0.3) is 0 Å². The highest BCUT2D eigenvalue weighted by atomic mass is 19.2. The fraction of sp³-hybridized carbons (Fsp3) is 0.647. The van der Waals surface area contributed by atoms with E-state index in [4.69, 9.17) is 9.47 Å². The molecule has 1 aromatic carbocycles. The second-order valence-corrected chi connectivity index (χ2v) is 12.0. The van der Waals surface area contributed by atoms with Crippen molar-refractivity contribution < 1.29 is 23.0 Å². The molecule has 2 fully saturated rings. The number of benzene rings is 1. The summed E-state index contributed by atoms with van der Waals surface area (Å²) >= 11 is 0. The number of nitrogens with zero attached hydrogens (tertiary/aromatic N) is 2. The summed E-state index contributed by atoms with van der Waals surface area (Å²) in [5, 5.41) is 0. The molecule has 41 heavy (non-hydrogen) atoms. The predicted octanol–water partition coefficient (Wildman–Crippen LogP) is 9.14. The number of pyridine rings is 1. The molecule has 4 rings (SSSR count). The number of anilines is 1. The molecule has 7 heteroatoms. The minimum atomic E-state index is -1.14. The summed E-state index contributed by atoms with van der Waals surface area (Å²) in [5.41, 5.74) is 1.19. The zero-order valence-corrected chi connectivity index (χ0v) is 25.5. The molecule has 0 spiro atoms. The number of ether oxygens (including phenoxy) is 2. The monoisotopic (exact) mass is 572 g/mol. The smallest absolute Gasteiger partial charge is 0.314 e. The largest absolute Gasteiger partial charge is 0.487 e. The van der Waals surface area contributed by atoms with E-state index in [9.17, 15) is 13.6 Å². The van der Waals surface area contributed by atoms with Crippen LogP contribution in [-0.4, -0.2) is 31.2 Å². The molecule has 0 aliphatic heterocycles. The Morgan fingerprint density at radius 1 is 0.805 bits per heavy atom. The molecular weight excluding hydrogens is 522 g/mol. The van der Waals surface area contributed by atoms with Crippen molar-refractivity contribution in [2.45, 2.75) is 110 Å². The first-order chi connectivity index (χ1) is 19.8. The zero-order chi connectivity index (χ0) is 29.6. The zero-order valence-electron chi connectivity index (χ0n) is 25.5. The SMILES string of the molecule is CCCCCC1CCC(C(=O)Oc2ccc(OC3CCC(CCC)CC3)c(F)c2F)CC1.CN(C)c1ccncc1. The summed E-state index contributed by atoms with van der Waals surface area (Å²) in [7, 11) is 4.02. The average molecular weight is 573 g/mol. The third kappa shape index (κ3) is 10.6. The van der Waals surface area contributed by atoms with E-state index in [2.05, 4.69) is 18.8 Å². The molecule has 228 valence electrons. The van der Waals surface area contributed by atoms with Crippen LogP contribution in [0.4, 0.5) is 14.5 Å². The van der Waals surface area contributed by atoms with Gasteiger partial charge in [-0.25, -0.2) is 0 Å². The van der Waals surface area contributed by atoms with E-state index in [1.807, 2.05) is 31.1 Å². The standard InChI is InChI=1S/C27H40F2O3.C7H10N2/c1-3-5-6-8-20-9-13-21(14-10-20)27(30)32-24-18-17-23(25(28)26(24)29)31-22-15-11-19(7-4-2)12-16-22;1-9(2)7-3-5-8-6-4-7/h17-22H,3-16H2,1-2H3;3-6H,1-2H3. The fourth-order valence-corrected chi connectivity index (χ4v) is 6.01. The van der Waals surface area contributed by atoms with Crippen LogP contribution in [0.25, 0.3) is 0 Å². The minimum absolute atomic E-state index is 0.0853. The molecule has 2 saturated carbocycles. The number of hydrogen-bond acceptors (Lipinski definition) is 5. The van der Waals surface area contributed by atoms with E-state index in [-0.39, 0.29) is 23.5 Å². The first-order valence-corrected chi connectivity index (χ1v) is 15.8. The number of carbonyl (C=O) groups is 1. The van der Waals surface area contributed by atoms with E-state index in [0.29, 0.717) is 5.92 Å². The summed E-state index contributed by atoms with van der Waals surface area (Å²) in [6.07, 6.45) is 18.2. The third-order valence-electron chi connectivity index (χ3n) is 8.58. The van der Waals surface area contributed by atoms with E-state index in [1.165, 1.54) is 56.3 Å². The Hall–Kier alpha value is -2.70. The number of unbranched alkanes of at least 4 members (excludes halogenated alkanes) is 2. The Morgan fingerprint density at radius 2 is 1.39 bits per heavy atom. The normalized spacial score (nSPS) is 22.3. The molecular formula is C34H50F2N2O3. The maximum atomic E-state index is 14.6. The number of aromatic nitrogens is 1. The number of carbonyl (C=O) groups excluding carboxylic acids is 1. The van der Waals surface area contributed by atoms with Gasteiger partial charge in [-0.05, 0) is 87.5 Å². The highest BCUT2D eigenvalue weighted by molar-refractivity contribution is 5.75. The molecule has 2 aromatic rings. The minimum Gasteiger partial charge on any atom is -0.487 e. The van der Waals surface area contributed by atoms with Crippen LogP contribution in [-0.2, 0) is 4.79 Å². The van der Waals surface area contributed by atoms with E-state index >= 15 is 0 Å². The second kappa shape index (κ2) is 17.3. The van der Waals surface area contributed by atoms with Crippen molar-refractivity contribution >= 4 is 11.7 Å². The molecule has 0 atom stereocenters. The van der Waals surface area contributed by atoms with Crippen molar-refractivity contribution in [3.8, 4) is 11.5 Å². The summed E-state index contributed by atoms with van der Waals surface area (Å²) in [4.78, 5) is 18.5. The van der Waals surface area contributed by atoms with Gasteiger partial charge in [0.05, 0.1) is 12.0 Å². The van der Waals surface area contributed by atoms with Crippen LogP contribution >= 0.6 is 0 Å². The van der Waals surface area contributed by atoms with Gasteiger partial charge >= 0.3 is 5.97 Å². The highest BCUT2D eigenvalue weighted by Gasteiger charge is 2.29.